The molecule has 0 aliphatic heterocycles. The first-order valence-corrected chi connectivity index (χ1v) is 5.57. The van der Waals surface area contributed by atoms with E-state index in [1.54, 1.807) is 0 Å². The minimum absolute atomic E-state index is 0.00958. The fourth-order valence-corrected chi connectivity index (χ4v) is 1.52. The Morgan fingerprint density at radius 1 is 1.08 bits per heavy atom. The molecule has 0 aromatic heterocycles. The Bertz CT molecular complexity index is 115. The van der Waals surface area contributed by atoms with Gasteiger partial charge in [0.05, 0.1) is 0 Å². The summed E-state index contributed by atoms with van der Waals surface area (Å²) in [5.41, 5.74) is 6.13. The highest BCUT2D eigenvalue weighted by atomic mass is 15.1. The molecule has 1 unspecified atom stereocenters. The normalized spacial score (nSPS) is 16.2. The summed E-state index contributed by atoms with van der Waals surface area (Å²) >= 11 is 0. The molecule has 0 aromatic rings. The van der Waals surface area contributed by atoms with E-state index in [1.807, 2.05) is 0 Å². The summed E-state index contributed by atoms with van der Waals surface area (Å²) in [5.74, 6) is 0. The standard InChI is InChI=1S/C11H26N2/c1-5-8-13(9-6-2)10-11(4,12)7-3/h5-10,12H2,1-4H3. The highest BCUT2D eigenvalue weighted by molar-refractivity contribution is 4.80. The van der Waals surface area contributed by atoms with Gasteiger partial charge >= 0.3 is 0 Å². The van der Waals surface area contributed by atoms with Crippen molar-refractivity contribution in [2.45, 2.75) is 52.5 Å². The summed E-state index contributed by atoms with van der Waals surface area (Å²) in [6.45, 7) is 12.2. The monoisotopic (exact) mass is 186 g/mol. The van der Waals surface area contributed by atoms with Crippen LogP contribution in [-0.2, 0) is 0 Å². The minimum atomic E-state index is -0.00958. The van der Waals surface area contributed by atoms with E-state index < -0.39 is 0 Å². The van der Waals surface area contributed by atoms with Crippen LogP contribution in [0.3, 0.4) is 0 Å². The number of nitrogens with zero attached hydrogens (tertiary/aromatic N) is 1. The van der Waals surface area contributed by atoms with Crippen LogP contribution in [0.5, 0.6) is 0 Å². The second-order valence-corrected chi connectivity index (χ2v) is 4.28. The van der Waals surface area contributed by atoms with E-state index in [9.17, 15) is 0 Å². The molecule has 0 aliphatic carbocycles. The number of nitrogens with two attached hydrogens (primary N) is 1. The third-order valence-corrected chi connectivity index (χ3v) is 2.47. The molecule has 0 bridgehead atoms. The Morgan fingerprint density at radius 2 is 1.54 bits per heavy atom. The van der Waals surface area contributed by atoms with Crippen LogP contribution in [0.1, 0.15) is 47.0 Å². The minimum Gasteiger partial charge on any atom is -0.324 e. The zero-order chi connectivity index (χ0) is 10.3. The molecule has 0 heterocycles. The lowest BCUT2D eigenvalue weighted by Crippen LogP contribution is -2.47. The van der Waals surface area contributed by atoms with Gasteiger partial charge in [-0.2, -0.15) is 0 Å². The number of hydrogen-bond acceptors (Lipinski definition) is 2. The van der Waals surface area contributed by atoms with E-state index in [0.29, 0.717) is 0 Å². The molecule has 0 saturated carbocycles. The summed E-state index contributed by atoms with van der Waals surface area (Å²) in [6, 6.07) is 0. The van der Waals surface area contributed by atoms with Crippen LogP contribution in [-0.4, -0.2) is 30.1 Å². The lowest BCUT2D eigenvalue weighted by Gasteiger charge is -2.31. The fraction of sp³-hybridized carbons (Fsp3) is 1.00. The predicted molar refractivity (Wildman–Crippen MR) is 59.9 cm³/mol. The lowest BCUT2D eigenvalue weighted by atomic mass is 9.99. The van der Waals surface area contributed by atoms with Crippen molar-refractivity contribution >= 4 is 0 Å². The SMILES string of the molecule is CCCN(CCC)CC(C)(N)CC. The zero-order valence-electron chi connectivity index (χ0n) is 9.77. The highest BCUT2D eigenvalue weighted by Crippen LogP contribution is 2.08. The molecule has 0 fully saturated rings. The molecule has 1 atom stereocenters. The topological polar surface area (TPSA) is 29.3 Å². The second-order valence-electron chi connectivity index (χ2n) is 4.28. The lowest BCUT2D eigenvalue weighted by molar-refractivity contribution is 0.213. The van der Waals surface area contributed by atoms with Crippen LogP contribution in [0.15, 0.2) is 0 Å². The molecular weight excluding hydrogens is 160 g/mol. The first kappa shape index (κ1) is 12.9. The molecule has 0 rings (SSSR count). The van der Waals surface area contributed by atoms with Crippen molar-refractivity contribution in [2.24, 2.45) is 5.73 Å². The third kappa shape index (κ3) is 6.05. The Hall–Kier alpha value is -0.0800. The van der Waals surface area contributed by atoms with Crippen LogP contribution in [0.2, 0.25) is 0 Å². The molecule has 2 N–H and O–H groups in total. The molecule has 2 nitrogen and oxygen atoms in total. The maximum atomic E-state index is 6.14. The van der Waals surface area contributed by atoms with E-state index in [1.165, 1.54) is 25.9 Å². The average Bonchev–Trinajstić information content (AvgIpc) is 2.05. The Kier molecular flexibility index (Phi) is 6.35. The van der Waals surface area contributed by atoms with Crippen molar-refractivity contribution in [2.75, 3.05) is 19.6 Å². The van der Waals surface area contributed by atoms with Crippen LogP contribution in [0, 0.1) is 0 Å². The van der Waals surface area contributed by atoms with Crippen molar-refractivity contribution in [1.82, 2.24) is 4.90 Å². The van der Waals surface area contributed by atoms with Gasteiger partial charge in [0.1, 0.15) is 0 Å². The molecule has 0 amide bonds. The van der Waals surface area contributed by atoms with Gasteiger partial charge in [-0.15, -0.1) is 0 Å². The molecule has 13 heavy (non-hydrogen) atoms. The first-order valence-electron chi connectivity index (χ1n) is 5.57. The summed E-state index contributed by atoms with van der Waals surface area (Å²) in [4.78, 5) is 2.48. The highest BCUT2D eigenvalue weighted by Gasteiger charge is 2.18. The summed E-state index contributed by atoms with van der Waals surface area (Å²) < 4.78 is 0. The maximum Gasteiger partial charge on any atom is 0.0252 e. The Balaban J connectivity index is 3.92. The Labute approximate surface area is 83.5 Å². The molecular formula is C11H26N2. The van der Waals surface area contributed by atoms with Crippen LogP contribution in [0.4, 0.5) is 0 Å². The fourth-order valence-electron chi connectivity index (χ4n) is 1.52. The molecule has 0 spiro atoms. The van der Waals surface area contributed by atoms with Gasteiger partial charge < -0.3 is 10.6 Å². The van der Waals surface area contributed by atoms with E-state index in [-0.39, 0.29) is 5.54 Å². The van der Waals surface area contributed by atoms with Crippen LogP contribution in [0.25, 0.3) is 0 Å². The van der Waals surface area contributed by atoms with Crippen LogP contribution < -0.4 is 5.73 Å². The maximum absolute atomic E-state index is 6.14. The number of hydrogen-bond donors (Lipinski definition) is 1. The summed E-state index contributed by atoms with van der Waals surface area (Å²) in [7, 11) is 0. The second kappa shape index (κ2) is 6.39. The quantitative estimate of drug-likeness (QED) is 0.660. The summed E-state index contributed by atoms with van der Waals surface area (Å²) in [6.07, 6.45) is 3.50. The Morgan fingerprint density at radius 3 is 1.85 bits per heavy atom. The van der Waals surface area contributed by atoms with E-state index in [2.05, 4.69) is 32.6 Å². The van der Waals surface area contributed by atoms with Gasteiger partial charge in [0.15, 0.2) is 0 Å². The largest absolute Gasteiger partial charge is 0.324 e. The van der Waals surface area contributed by atoms with Gasteiger partial charge in [-0.1, -0.05) is 20.8 Å². The van der Waals surface area contributed by atoms with Crippen LogP contribution >= 0.6 is 0 Å². The first-order chi connectivity index (χ1) is 6.05. The van der Waals surface area contributed by atoms with Gasteiger partial charge in [-0.05, 0) is 39.3 Å². The van der Waals surface area contributed by atoms with Gasteiger partial charge in [0, 0.05) is 12.1 Å². The molecule has 80 valence electrons. The predicted octanol–water partition coefficient (Wildman–Crippen LogP) is 2.24. The van der Waals surface area contributed by atoms with E-state index in [4.69, 9.17) is 5.73 Å². The van der Waals surface area contributed by atoms with Crippen molar-refractivity contribution < 1.29 is 0 Å². The van der Waals surface area contributed by atoms with Crippen molar-refractivity contribution in [3.05, 3.63) is 0 Å². The van der Waals surface area contributed by atoms with E-state index in [0.717, 1.165) is 13.0 Å². The van der Waals surface area contributed by atoms with E-state index >= 15 is 0 Å². The smallest absolute Gasteiger partial charge is 0.0252 e. The number of rotatable bonds is 7. The summed E-state index contributed by atoms with van der Waals surface area (Å²) in [5, 5.41) is 0. The van der Waals surface area contributed by atoms with Gasteiger partial charge in [0.2, 0.25) is 0 Å². The van der Waals surface area contributed by atoms with Crippen molar-refractivity contribution in [1.29, 1.82) is 0 Å². The molecule has 0 saturated heterocycles. The van der Waals surface area contributed by atoms with Gasteiger partial charge in [0.25, 0.3) is 0 Å². The third-order valence-electron chi connectivity index (χ3n) is 2.47. The van der Waals surface area contributed by atoms with Gasteiger partial charge in [-0.25, -0.2) is 0 Å². The average molecular weight is 186 g/mol. The van der Waals surface area contributed by atoms with Crippen molar-refractivity contribution in [3.63, 3.8) is 0 Å². The molecule has 2 heteroatoms. The molecule has 0 aromatic carbocycles. The van der Waals surface area contributed by atoms with Crippen molar-refractivity contribution in [3.8, 4) is 0 Å². The molecule has 0 radical (unpaired) electrons. The van der Waals surface area contributed by atoms with Gasteiger partial charge in [-0.3, -0.25) is 0 Å². The molecule has 0 aliphatic rings. The zero-order valence-corrected chi connectivity index (χ0v) is 9.77.